The maximum absolute atomic E-state index is 9.36. The Bertz CT molecular complexity index is 457. The summed E-state index contributed by atoms with van der Waals surface area (Å²) in [5, 5.41) is 12.7. The highest BCUT2D eigenvalue weighted by Gasteiger charge is 2.25. The zero-order chi connectivity index (χ0) is 13.1. The van der Waals surface area contributed by atoms with Gasteiger partial charge in [-0.3, -0.25) is 0 Å². The molecular weight excluding hydrogens is 220 g/mol. The van der Waals surface area contributed by atoms with Crippen LogP contribution in [0.25, 0.3) is 0 Å². The van der Waals surface area contributed by atoms with E-state index in [1.807, 2.05) is 7.05 Å². The lowest BCUT2D eigenvalue weighted by atomic mass is 9.85. The first-order valence-electron chi connectivity index (χ1n) is 6.86. The van der Waals surface area contributed by atoms with Crippen LogP contribution < -0.4 is 5.32 Å². The summed E-state index contributed by atoms with van der Waals surface area (Å²) in [6, 6.07) is 9.34. The summed E-state index contributed by atoms with van der Waals surface area (Å²) in [5.41, 5.74) is 4.23. The number of rotatable bonds is 4. The maximum Gasteiger partial charge on any atom is 0.0681 e. The van der Waals surface area contributed by atoms with Gasteiger partial charge in [0.2, 0.25) is 0 Å². The Morgan fingerprint density at radius 1 is 1.22 bits per heavy atom. The van der Waals surface area contributed by atoms with Crippen LogP contribution in [0.4, 0.5) is 0 Å². The third-order valence-corrected chi connectivity index (χ3v) is 4.02. The van der Waals surface area contributed by atoms with Crippen molar-refractivity contribution in [2.45, 2.75) is 39.2 Å². The van der Waals surface area contributed by atoms with Crippen molar-refractivity contribution in [2.75, 3.05) is 7.05 Å². The van der Waals surface area contributed by atoms with Gasteiger partial charge in [0.15, 0.2) is 0 Å². The smallest absolute Gasteiger partial charge is 0.0681 e. The minimum Gasteiger partial charge on any atom is -0.312 e. The monoisotopic (exact) mass is 242 g/mol. The number of nitriles is 1. The molecule has 1 aliphatic carbocycles. The Hall–Kier alpha value is -1.33. The zero-order valence-electron chi connectivity index (χ0n) is 11.5. The van der Waals surface area contributed by atoms with E-state index in [4.69, 9.17) is 0 Å². The van der Waals surface area contributed by atoms with Gasteiger partial charge >= 0.3 is 0 Å². The fraction of sp³-hybridized carbons (Fsp3) is 0.562. The van der Waals surface area contributed by atoms with E-state index in [2.05, 4.69) is 43.4 Å². The maximum atomic E-state index is 9.36. The molecule has 0 bridgehead atoms. The molecule has 1 aromatic carbocycles. The summed E-state index contributed by atoms with van der Waals surface area (Å²) in [6.07, 6.45) is 3.68. The van der Waals surface area contributed by atoms with E-state index in [9.17, 15) is 5.26 Å². The molecule has 0 saturated carbocycles. The molecule has 0 saturated heterocycles. The molecule has 0 radical (unpaired) electrons. The Labute approximate surface area is 110 Å². The van der Waals surface area contributed by atoms with Crippen LogP contribution in [-0.2, 0) is 12.8 Å². The molecule has 2 rings (SSSR count). The molecule has 96 valence electrons. The zero-order valence-corrected chi connectivity index (χ0v) is 11.5. The van der Waals surface area contributed by atoms with Crippen LogP contribution in [0.5, 0.6) is 0 Å². The van der Waals surface area contributed by atoms with E-state index in [0.717, 1.165) is 0 Å². The molecule has 2 atom stereocenters. The Morgan fingerprint density at radius 3 is 2.56 bits per heavy atom. The van der Waals surface area contributed by atoms with Gasteiger partial charge in [-0.05, 0) is 48.9 Å². The molecule has 2 unspecified atom stereocenters. The van der Waals surface area contributed by atoms with Crippen molar-refractivity contribution in [3.63, 3.8) is 0 Å². The van der Waals surface area contributed by atoms with Gasteiger partial charge in [-0.2, -0.15) is 5.26 Å². The number of nitrogens with zero attached hydrogens (tertiary/aromatic N) is 1. The topological polar surface area (TPSA) is 35.8 Å². The minimum absolute atomic E-state index is 0.0226. The van der Waals surface area contributed by atoms with Crippen LogP contribution in [0.15, 0.2) is 18.2 Å². The Kier molecular flexibility index (Phi) is 4.04. The molecule has 1 aromatic rings. The molecule has 2 heteroatoms. The van der Waals surface area contributed by atoms with Crippen LogP contribution in [0.3, 0.4) is 0 Å². The van der Waals surface area contributed by atoms with E-state index in [-0.39, 0.29) is 12.0 Å². The molecule has 0 aliphatic heterocycles. The first-order valence-corrected chi connectivity index (χ1v) is 6.86. The van der Waals surface area contributed by atoms with E-state index in [1.54, 1.807) is 0 Å². The quantitative estimate of drug-likeness (QED) is 0.880. The molecule has 0 amide bonds. The third kappa shape index (κ3) is 2.42. The fourth-order valence-corrected chi connectivity index (χ4v) is 2.95. The number of fused-ring (bicyclic) bond motifs is 1. The minimum atomic E-state index is 0.0226. The first kappa shape index (κ1) is 13.1. The third-order valence-electron chi connectivity index (χ3n) is 4.02. The number of hydrogen-bond donors (Lipinski definition) is 1. The van der Waals surface area contributed by atoms with Crippen molar-refractivity contribution in [2.24, 2.45) is 11.8 Å². The summed E-state index contributed by atoms with van der Waals surface area (Å²) in [4.78, 5) is 0. The second-order valence-corrected chi connectivity index (χ2v) is 5.55. The standard InChI is InChI=1S/C16H22N2/c1-11(2)15(10-17)16(18-3)14-8-7-12-5-4-6-13(12)9-14/h7-9,11,15-16,18H,4-6H2,1-3H3. The van der Waals surface area contributed by atoms with Crippen LogP contribution in [0.2, 0.25) is 0 Å². The van der Waals surface area contributed by atoms with Gasteiger partial charge in [0.05, 0.1) is 12.0 Å². The fourth-order valence-electron chi connectivity index (χ4n) is 2.95. The van der Waals surface area contributed by atoms with Gasteiger partial charge in [0, 0.05) is 6.04 Å². The predicted octanol–water partition coefficient (Wildman–Crippen LogP) is 3.23. The number of aryl methyl sites for hydroxylation is 2. The first-order chi connectivity index (χ1) is 8.67. The predicted molar refractivity (Wildman–Crippen MR) is 74.2 cm³/mol. The molecule has 0 heterocycles. The van der Waals surface area contributed by atoms with Crippen LogP contribution in [0, 0.1) is 23.2 Å². The van der Waals surface area contributed by atoms with Gasteiger partial charge in [-0.25, -0.2) is 0 Å². The molecular formula is C16H22N2. The second-order valence-electron chi connectivity index (χ2n) is 5.55. The Balaban J connectivity index is 2.30. The SMILES string of the molecule is CNC(c1ccc2c(c1)CCC2)C(C#N)C(C)C. The van der Waals surface area contributed by atoms with Gasteiger partial charge in [0.1, 0.15) is 0 Å². The highest BCUT2D eigenvalue weighted by molar-refractivity contribution is 5.37. The molecule has 0 aromatic heterocycles. The lowest BCUT2D eigenvalue weighted by molar-refractivity contribution is 0.363. The van der Waals surface area contributed by atoms with Crippen LogP contribution in [0.1, 0.15) is 43.0 Å². The van der Waals surface area contributed by atoms with Crippen molar-refractivity contribution in [1.29, 1.82) is 5.26 Å². The summed E-state index contributed by atoms with van der Waals surface area (Å²) >= 11 is 0. The average molecular weight is 242 g/mol. The van der Waals surface area contributed by atoms with Gasteiger partial charge in [-0.15, -0.1) is 0 Å². The average Bonchev–Trinajstić information content (AvgIpc) is 2.82. The van der Waals surface area contributed by atoms with Crippen LogP contribution >= 0.6 is 0 Å². The van der Waals surface area contributed by atoms with Crippen molar-refractivity contribution in [3.8, 4) is 6.07 Å². The van der Waals surface area contributed by atoms with Crippen molar-refractivity contribution in [3.05, 3.63) is 34.9 Å². The van der Waals surface area contributed by atoms with Gasteiger partial charge < -0.3 is 5.32 Å². The lowest BCUT2D eigenvalue weighted by Crippen LogP contribution is -2.27. The summed E-state index contributed by atoms with van der Waals surface area (Å²) < 4.78 is 0. The highest BCUT2D eigenvalue weighted by Crippen LogP contribution is 2.31. The summed E-state index contributed by atoms with van der Waals surface area (Å²) in [5.74, 6) is 0.384. The highest BCUT2D eigenvalue weighted by atomic mass is 14.9. The van der Waals surface area contributed by atoms with E-state index < -0.39 is 0 Å². The molecule has 18 heavy (non-hydrogen) atoms. The van der Waals surface area contributed by atoms with Gasteiger partial charge in [-0.1, -0.05) is 32.0 Å². The van der Waals surface area contributed by atoms with Crippen molar-refractivity contribution in [1.82, 2.24) is 5.32 Å². The van der Waals surface area contributed by atoms with Crippen LogP contribution in [-0.4, -0.2) is 7.05 Å². The Morgan fingerprint density at radius 2 is 1.94 bits per heavy atom. The van der Waals surface area contributed by atoms with Crippen molar-refractivity contribution >= 4 is 0 Å². The number of nitrogens with one attached hydrogen (secondary N) is 1. The molecule has 1 aliphatic rings. The molecule has 2 nitrogen and oxygen atoms in total. The number of benzene rings is 1. The largest absolute Gasteiger partial charge is 0.312 e. The van der Waals surface area contributed by atoms with Gasteiger partial charge in [0.25, 0.3) is 0 Å². The van der Waals surface area contributed by atoms with E-state index in [1.165, 1.54) is 36.0 Å². The second kappa shape index (κ2) is 5.54. The number of hydrogen-bond acceptors (Lipinski definition) is 2. The summed E-state index contributed by atoms with van der Waals surface area (Å²) in [6.45, 7) is 4.23. The summed E-state index contributed by atoms with van der Waals surface area (Å²) in [7, 11) is 1.95. The molecule has 0 fully saturated rings. The molecule has 1 N–H and O–H groups in total. The molecule has 0 spiro atoms. The normalized spacial score (nSPS) is 17.3. The van der Waals surface area contributed by atoms with Crippen molar-refractivity contribution < 1.29 is 0 Å². The lowest BCUT2D eigenvalue weighted by Gasteiger charge is -2.25. The van der Waals surface area contributed by atoms with E-state index in [0.29, 0.717) is 5.92 Å². The van der Waals surface area contributed by atoms with E-state index >= 15 is 0 Å².